The molecule has 0 fully saturated rings. The lowest BCUT2D eigenvalue weighted by Crippen LogP contribution is -1.90. The summed E-state index contributed by atoms with van der Waals surface area (Å²) in [4.78, 5) is 0. The third-order valence-corrected chi connectivity index (χ3v) is 5.63. The zero-order chi connectivity index (χ0) is 21.9. The third kappa shape index (κ3) is 3.88. The van der Waals surface area contributed by atoms with Gasteiger partial charge in [-0.3, -0.25) is 0 Å². The lowest BCUT2D eigenvalue weighted by molar-refractivity contribution is 1.45. The van der Waals surface area contributed by atoms with E-state index in [0.717, 1.165) is 43.8 Å². The largest absolute Gasteiger partial charge is 0.0616 e. The van der Waals surface area contributed by atoms with Crippen LogP contribution in [-0.2, 0) is 0 Å². The van der Waals surface area contributed by atoms with Crippen molar-refractivity contribution in [1.29, 1.82) is 0 Å². The van der Waals surface area contributed by atoms with Crippen LogP contribution in [0.25, 0.3) is 21.5 Å². The van der Waals surface area contributed by atoms with Gasteiger partial charge in [-0.25, -0.2) is 0 Å². The Morgan fingerprint density at radius 1 is 0.406 bits per heavy atom. The molecule has 0 saturated carbocycles. The van der Waals surface area contributed by atoms with E-state index in [1.807, 2.05) is 0 Å². The van der Waals surface area contributed by atoms with Crippen LogP contribution in [0.5, 0.6) is 0 Å². The molecule has 0 heterocycles. The molecule has 0 spiro atoms. The minimum atomic E-state index is 1.03. The van der Waals surface area contributed by atoms with Crippen molar-refractivity contribution in [2.75, 3.05) is 0 Å². The maximum absolute atomic E-state index is 3.48. The molecule has 0 saturated heterocycles. The van der Waals surface area contributed by atoms with E-state index >= 15 is 0 Å². The molecule has 0 aliphatic heterocycles. The van der Waals surface area contributed by atoms with Crippen molar-refractivity contribution in [3.63, 3.8) is 0 Å². The molecule has 0 aromatic heterocycles. The smallest absolute Gasteiger partial charge is 0.0406 e. The second-order valence-electron chi connectivity index (χ2n) is 8.08. The summed E-state index contributed by atoms with van der Waals surface area (Å²) in [5.41, 5.74) is 6.60. The first kappa shape index (κ1) is 19.7. The predicted octanol–water partition coefficient (Wildman–Crippen LogP) is 7.41. The Bertz CT molecular complexity index is 1420. The quantitative estimate of drug-likeness (QED) is 0.185. The van der Waals surface area contributed by atoms with E-state index in [4.69, 9.17) is 0 Å². The van der Waals surface area contributed by atoms with Gasteiger partial charge in [0.05, 0.1) is 0 Å². The van der Waals surface area contributed by atoms with Gasteiger partial charge in [0.1, 0.15) is 0 Å². The molecule has 5 aromatic carbocycles. The molecule has 150 valence electrons. The van der Waals surface area contributed by atoms with E-state index in [9.17, 15) is 0 Å². The molecular formula is C32H22. The number of hydrogen-bond donors (Lipinski definition) is 0. The number of aryl methyl sites for hydroxylation is 2. The lowest BCUT2D eigenvalue weighted by atomic mass is 9.91. The summed E-state index contributed by atoms with van der Waals surface area (Å²) in [6.07, 6.45) is 0. The van der Waals surface area contributed by atoms with Gasteiger partial charge >= 0.3 is 0 Å². The van der Waals surface area contributed by atoms with Crippen LogP contribution in [0, 0.1) is 37.5 Å². The van der Waals surface area contributed by atoms with Crippen LogP contribution in [0.15, 0.2) is 97.1 Å². The second kappa shape index (κ2) is 8.47. The number of rotatable bonds is 0. The van der Waals surface area contributed by atoms with Gasteiger partial charge in [0.25, 0.3) is 0 Å². The molecule has 5 aromatic rings. The second-order valence-corrected chi connectivity index (χ2v) is 8.08. The maximum Gasteiger partial charge on any atom is 0.0406 e. The van der Waals surface area contributed by atoms with E-state index in [2.05, 4.69) is 135 Å². The molecule has 5 rings (SSSR count). The van der Waals surface area contributed by atoms with Gasteiger partial charge in [-0.2, -0.15) is 0 Å². The standard InChI is InChI=1S/C32H22/c1-23-9-7-11-25(21-23)17-19-31-27-13-3-5-15-29(27)32(30-16-6-4-14-28(30)31)20-18-26-12-8-10-24(2)22-26/h3-16,21-22H,1-2H3. The van der Waals surface area contributed by atoms with Gasteiger partial charge in [-0.1, -0.05) is 96.5 Å². The molecule has 0 atom stereocenters. The van der Waals surface area contributed by atoms with E-state index in [1.165, 1.54) is 11.1 Å². The predicted molar refractivity (Wildman–Crippen MR) is 136 cm³/mol. The Morgan fingerprint density at radius 3 is 1.12 bits per heavy atom. The topological polar surface area (TPSA) is 0 Å². The summed E-state index contributed by atoms with van der Waals surface area (Å²) in [5, 5.41) is 4.56. The molecule has 0 unspecified atom stereocenters. The molecule has 0 aliphatic rings. The van der Waals surface area contributed by atoms with Gasteiger partial charge in [0.15, 0.2) is 0 Å². The van der Waals surface area contributed by atoms with Gasteiger partial charge < -0.3 is 0 Å². The molecule has 0 aliphatic carbocycles. The molecule has 32 heavy (non-hydrogen) atoms. The Hall–Kier alpha value is -4.26. The molecule has 0 heteroatoms. The van der Waals surface area contributed by atoms with Crippen molar-refractivity contribution in [2.45, 2.75) is 13.8 Å². The number of fused-ring (bicyclic) bond motifs is 2. The van der Waals surface area contributed by atoms with Crippen molar-refractivity contribution < 1.29 is 0 Å². The third-order valence-electron chi connectivity index (χ3n) is 5.63. The Balaban J connectivity index is 1.77. The number of benzene rings is 5. The van der Waals surface area contributed by atoms with Crippen molar-refractivity contribution >= 4 is 21.5 Å². The van der Waals surface area contributed by atoms with Crippen molar-refractivity contribution in [1.82, 2.24) is 0 Å². The normalized spacial score (nSPS) is 10.3. The van der Waals surface area contributed by atoms with E-state index < -0.39 is 0 Å². The van der Waals surface area contributed by atoms with Gasteiger partial charge in [-0.15, -0.1) is 0 Å². The van der Waals surface area contributed by atoms with E-state index in [-0.39, 0.29) is 0 Å². The summed E-state index contributed by atoms with van der Waals surface area (Å²) in [6.45, 7) is 4.19. The minimum absolute atomic E-state index is 1.03. The summed E-state index contributed by atoms with van der Waals surface area (Å²) in [7, 11) is 0. The first-order valence-corrected chi connectivity index (χ1v) is 10.8. The molecule has 0 bridgehead atoms. The molecule has 0 N–H and O–H groups in total. The molecular weight excluding hydrogens is 384 g/mol. The fourth-order valence-electron chi connectivity index (χ4n) is 4.11. The fraction of sp³-hybridized carbons (Fsp3) is 0.0625. The number of hydrogen-bond acceptors (Lipinski definition) is 0. The van der Waals surface area contributed by atoms with Crippen LogP contribution in [0.2, 0.25) is 0 Å². The average Bonchev–Trinajstić information content (AvgIpc) is 2.81. The van der Waals surface area contributed by atoms with Crippen molar-refractivity contribution in [2.24, 2.45) is 0 Å². The molecule has 0 amide bonds. The van der Waals surface area contributed by atoms with Gasteiger partial charge in [-0.05, 0) is 70.8 Å². The van der Waals surface area contributed by atoms with Crippen LogP contribution in [0.3, 0.4) is 0 Å². The highest BCUT2D eigenvalue weighted by atomic mass is 14.1. The van der Waals surface area contributed by atoms with Crippen LogP contribution < -0.4 is 0 Å². The van der Waals surface area contributed by atoms with Gasteiger partial charge in [0, 0.05) is 22.3 Å². The Morgan fingerprint density at radius 2 is 0.781 bits per heavy atom. The first-order valence-electron chi connectivity index (χ1n) is 10.8. The average molecular weight is 407 g/mol. The van der Waals surface area contributed by atoms with Crippen LogP contribution >= 0.6 is 0 Å². The zero-order valence-corrected chi connectivity index (χ0v) is 18.2. The van der Waals surface area contributed by atoms with Crippen molar-refractivity contribution in [3.8, 4) is 23.7 Å². The Kier molecular flexibility index (Phi) is 5.21. The molecule has 0 nitrogen and oxygen atoms in total. The highest BCUT2D eigenvalue weighted by molar-refractivity contribution is 6.09. The lowest BCUT2D eigenvalue weighted by Gasteiger charge is -2.10. The zero-order valence-electron chi connectivity index (χ0n) is 18.2. The SMILES string of the molecule is Cc1cccc(C#Cc2c3ccccc3c(C#Cc3cccc(C)c3)c3ccccc23)c1. The van der Waals surface area contributed by atoms with E-state index in [0.29, 0.717) is 0 Å². The highest BCUT2D eigenvalue weighted by Crippen LogP contribution is 2.32. The summed E-state index contributed by atoms with van der Waals surface area (Å²) >= 11 is 0. The van der Waals surface area contributed by atoms with Crippen LogP contribution in [-0.4, -0.2) is 0 Å². The Labute approximate surface area is 189 Å². The fourth-order valence-corrected chi connectivity index (χ4v) is 4.11. The van der Waals surface area contributed by atoms with E-state index in [1.54, 1.807) is 0 Å². The van der Waals surface area contributed by atoms with Crippen LogP contribution in [0.1, 0.15) is 33.4 Å². The summed E-state index contributed by atoms with van der Waals surface area (Å²) in [6, 6.07) is 33.6. The molecule has 0 radical (unpaired) electrons. The highest BCUT2D eigenvalue weighted by Gasteiger charge is 2.11. The van der Waals surface area contributed by atoms with Crippen molar-refractivity contribution in [3.05, 3.63) is 130 Å². The maximum atomic E-state index is 3.48. The van der Waals surface area contributed by atoms with Gasteiger partial charge in [0.2, 0.25) is 0 Å². The monoisotopic (exact) mass is 406 g/mol. The first-order chi connectivity index (χ1) is 15.7. The summed E-state index contributed by atoms with van der Waals surface area (Å²) < 4.78 is 0. The summed E-state index contributed by atoms with van der Waals surface area (Å²) in [5.74, 6) is 13.7. The minimum Gasteiger partial charge on any atom is -0.0616 e. The van der Waals surface area contributed by atoms with Crippen LogP contribution in [0.4, 0.5) is 0 Å².